The van der Waals surface area contributed by atoms with E-state index in [0.29, 0.717) is 11.6 Å². The van der Waals surface area contributed by atoms with Crippen molar-refractivity contribution >= 4 is 21.9 Å². The van der Waals surface area contributed by atoms with Gasteiger partial charge in [0.2, 0.25) is 0 Å². The van der Waals surface area contributed by atoms with E-state index in [1.165, 1.54) is 27.8 Å². The molecule has 0 radical (unpaired) electrons. The Kier molecular flexibility index (Phi) is 6.53. The van der Waals surface area contributed by atoms with Gasteiger partial charge in [0.15, 0.2) is 11.6 Å². The lowest BCUT2D eigenvalue weighted by atomic mass is 9.92. The van der Waals surface area contributed by atoms with Crippen LogP contribution in [-0.4, -0.2) is 15.0 Å². The topological polar surface area (TPSA) is 51.8 Å². The van der Waals surface area contributed by atoms with Gasteiger partial charge in [0.25, 0.3) is 0 Å². The number of para-hydroxylation sites is 1. The molecule has 2 aromatic heterocycles. The number of hydrogen-bond donors (Lipinski definition) is 0. The number of benzene rings is 7. The fourth-order valence-corrected chi connectivity index (χ4v) is 7.48. The molecular formula is C46H29N3O. The van der Waals surface area contributed by atoms with E-state index in [4.69, 9.17) is 19.4 Å². The van der Waals surface area contributed by atoms with E-state index in [0.717, 1.165) is 55.6 Å². The van der Waals surface area contributed by atoms with Crippen molar-refractivity contribution in [3.8, 4) is 56.2 Å². The molecular weight excluding hydrogens is 611 g/mol. The fraction of sp³-hybridized carbons (Fsp3) is 0.0217. The second-order valence-electron chi connectivity index (χ2n) is 12.8. The highest BCUT2D eigenvalue weighted by Crippen LogP contribution is 2.50. The highest BCUT2D eigenvalue weighted by Gasteiger charge is 2.34. The van der Waals surface area contributed by atoms with E-state index >= 15 is 0 Å². The van der Waals surface area contributed by atoms with Gasteiger partial charge < -0.3 is 4.42 Å². The molecule has 1 atom stereocenters. The molecule has 7 aromatic carbocycles. The molecule has 4 heteroatoms. The number of hydrogen-bond acceptors (Lipinski definition) is 4. The molecule has 0 amide bonds. The number of rotatable bonds is 5. The maximum atomic E-state index is 6.27. The van der Waals surface area contributed by atoms with Gasteiger partial charge in [-0.05, 0) is 68.8 Å². The van der Waals surface area contributed by atoms with Gasteiger partial charge in [-0.3, -0.25) is 0 Å². The quantitative estimate of drug-likeness (QED) is 0.188. The summed E-state index contributed by atoms with van der Waals surface area (Å²) >= 11 is 0. The molecule has 10 rings (SSSR count). The molecule has 1 unspecified atom stereocenters. The van der Waals surface area contributed by atoms with Gasteiger partial charge in [-0.1, -0.05) is 146 Å². The number of fused-ring (bicyclic) bond motifs is 6. The molecule has 234 valence electrons. The van der Waals surface area contributed by atoms with Crippen LogP contribution in [0.5, 0.6) is 0 Å². The zero-order valence-corrected chi connectivity index (χ0v) is 27.0. The number of nitrogens with zero attached hydrogens (tertiary/aromatic N) is 3. The first-order valence-corrected chi connectivity index (χ1v) is 16.9. The summed E-state index contributed by atoms with van der Waals surface area (Å²) in [5, 5.41) is 2.26. The first kappa shape index (κ1) is 28.4. The summed E-state index contributed by atoms with van der Waals surface area (Å²) in [7, 11) is 0. The lowest BCUT2D eigenvalue weighted by molar-refractivity contribution is 0.669. The molecule has 0 saturated carbocycles. The van der Waals surface area contributed by atoms with Crippen LogP contribution in [0.25, 0.3) is 78.1 Å². The van der Waals surface area contributed by atoms with Crippen LogP contribution in [0.1, 0.15) is 22.9 Å². The van der Waals surface area contributed by atoms with Crippen molar-refractivity contribution in [1.29, 1.82) is 0 Å². The third-order valence-corrected chi connectivity index (χ3v) is 9.81. The Morgan fingerprint density at radius 3 is 1.72 bits per heavy atom. The zero-order chi connectivity index (χ0) is 33.0. The summed E-state index contributed by atoms with van der Waals surface area (Å²) in [6.07, 6.45) is 0. The first-order valence-electron chi connectivity index (χ1n) is 16.9. The average Bonchev–Trinajstić information content (AvgIpc) is 3.74. The lowest BCUT2D eigenvalue weighted by Gasteiger charge is -2.16. The van der Waals surface area contributed by atoms with Gasteiger partial charge in [0, 0.05) is 21.9 Å². The van der Waals surface area contributed by atoms with E-state index in [1.807, 2.05) is 48.5 Å². The van der Waals surface area contributed by atoms with E-state index in [-0.39, 0.29) is 5.92 Å². The third-order valence-electron chi connectivity index (χ3n) is 9.81. The van der Waals surface area contributed by atoms with Crippen molar-refractivity contribution in [2.24, 2.45) is 0 Å². The standard InChI is InChI=1S/C46H29N3O/c1-4-13-29(14-5-1)32-23-25-35-38-28-33(34-20-12-22-41-42(34)37-19-10-11-21-40(37)50-41)24-26-36(38)43(39(35)27-32)46-48-44(30-15-6-2-7-16-30)47-45(49-46)31-17-8-3-9-18-31/h1-28,43H. The van der Waals surface area contributed by atoms with Crippen LogP contribution in [0.4, 0.5) is 0 Å². The molecule has 0 fully saturated rings. The van der Waals surface area contributed by atoms with Gasteiger partial charge in [-0.2, -0.15) is 0 Å². The SMILES string of the molecule is c1ccc(-c2ccc3c(c2)C(c2nc(-c4ccccc4)nc(-c4ccccc4)n2)c2ccc(-c4cccc5oc6ccccc6c45)cc2-3)cc1. The lowest BCUT2D eigenvalue weighted by Crippen LogP contribution is -2.09. The molecule has 4 nitrogen and oxygen atoms in total. The van der Waals surface area contributed by atoms with E-state index in [1.54, 1.807) is 0 Å². The Hall–Kier alpha value is -6.65. The van der Waals surface area contributed by atoms with Crippen molar-refractivity contribution in [2.45, 2.75) is 5.92 Å². The number of aromatic nitrogens is 3. The van der Waals surface area contributed by atoms with Crippen LogP contribution in [0, 0.1) is 0 Å². The van der Waals surface area contributed by atoms with Crippen LogP contribution < -0.4 is 0 Å². The summed E-state index contributed by atoms with van der Waals surface area (Å²) in [5.74, 6) is 1.88. The molecule has 0 spiro atoms. The fourth-order valence-electron chi connectivity index (χ4n) is 7.48. The van der Waals surface area contributed by atoms with Crippen LogP contribution in [0.15, 0.2) is 174 Å². The first-order chi connectivity index (χ1) is 24.8. The van der Waals surface area contributed by atoms with Gasteiger partial charge in [0.1, 0.15) is 17.0 Å². The molecule has 0 saturated heterocycles. The summed E-state index contributed by atoms with van der Waals surface area (Å²) in [6.45, 7) is 0. The second-order valence-corrected chi connectivity index (χ2v) is 12.8. The van der Waals surface area contributed by atoms with E-state index in [9.17, 15) is 0 Å². The molecule has 2 heterocycles. The maximum Gasteiger partial charge on any atom is 0.163 e. The van der Waals surface area contributed by atoms with Crippen LogP contribution >= 0.6 is 0 Å². The monoisotopic (exact) mass is 639 g/mol. The Balaban J connectivity index is 1.21. The Morgan fingerprint density at radius 1 is 0.380 bits per heavy atom. The van der Waals surface area contributed by atoms with Gasteiger partial charge in [-0.25, -0.2) is 15.0 Å². The van der Waals surface area contributed by atoms with Crippen molar-refractivity contribution in [3.63, 3.8) is 0 Å². The molecule has 0 bridgehead atoms. The van der Waals surface area contributed by atoms with E-state index < -0.39 is 0 Å². The van der Waals surface area contributed by atoms with Crippen molar-refractivity contribution < 1.29 is 4.42 Å². The zero-order valence-electron chi connectivity index (χ0n) is 27.0. The molecule has 0 N–H and O–H groups in total. The summed E-state index contributed by atoms with van der Waals surface area (Å²) < 4.78 is 6.27. The van der Waals surface area contributed by atoms with Crippen molar-refractivity contribution in [1.82, 2.24) is 15.0 Å². The molecule has 0 aliphatic heterocycles. The predicted octanol–water partition coefficient (Wildman–Crippen LogP) is 11.6. The van der Waals surface area contributed by atoms with Gasteiger partial charge >= 0.3 is 0 Å². The minimum atomic E-state index is -0.184. The van der Waals surface area contributed by atoms with Crippen molar-refractivity contribution in [3.05, 3.63) is 187 Å². The van der Waals surface area contributed by atoms with Crippen LogP contribution in [0.2, 0.25) is 0 Å². The second kappa shape index (κ2) is 11.5. The van der Waals surface area contributed by atoms with Crippen molar-refractivity contribution in [2.75, 3.05) is 0 Å². The Morgan fingerprint density at radius 2 is 1.00 bits per heavy atom. The van der Waals surface area contributed by atoms with Crippen LogP contribution in [0.3, 0.4) is 0 Å². The molecule has 50 heavy (non-hydrogen) atoms. The summed E-state index contributed by atoms with van der Waals surface area (Å²) in [4.78, 5) is 15.4. The Labute approximate surface area is 289 Å². The third kappa shape index (κ3) is 4.65. The van der Waals surface area contributed by atoms with Gasteiger partial charge in [-0.15, -0.1) is 0 Å². The minimum Gasteiger partial charge on any atom is -0.456 e. The largest absolute Gasteiger partial charge is 0.456 e. The average molecular weight is 640 g/mol. The minimum absolute atomic E-state index is 0.184. The molecule has 1 aliphatic rings. The summed E-state index contributed by atoms with van der Waals surface area (Å²) in [6, 6.07) is 59.2. The smallest absolute Gasteiger partial charge is 0.163 e. The highest BCUT2D eigenvalue weighted by atomic mass is 16.3. The normalized spacial score (nSPS) is 13.4. The van der Waals surface area contributed by atoms with Gasteiger partial charge in [0.05, 0.1) is 5.92 Å². The van der Waals surface area contributed by atoms with E-state index in [2.05, 4.69) is 121 Å². The summed E-state index contributed by atoms with van der Waals surface area (Å²) in [5.41, 5.74) is 13.1. The highest BCUT2D eigenvalue weighted by molar-refractivity contribution is 6.12. The molecule has 1 aliphatic carbocycles. The predicted molar refractivity (Wildman–Crippen MR) is 202 cm³/mol. The van der Waals surface area contributed by atoms with Crippen LogP contribution in [-0.2, 0) is 0 Å². The number of furan rings is 1. The molecule has 9 aromatic rings. The Bertz CT molecular complexity index is 2640. The maximum absolute atomic E-state index is 6.27.